The standard InChI is InChI=1S/C17H25N3O2/c21-17(10-9-14-5-1-2-6-14)20-12-4-7-15(13-20)22-16-8-3-11-18-19-16/h3,8,11,14-15H,1-2,4-7,9-10,12-13H2. The quantitative estimate of drug-likeness (QED) is 0.839. The van der Waals surface area contributed by atoms with Crippen molar-refractivity contribution < 1.29 is 9.53 Å². The van der Waals surface area contributed by atoms with Crippen molar-refractivity contribution in [3.05, 3.63) is 18.3 Å². The van der Waals surface area contributed by atoms with Crippen molar-refractivity contribution in [1.82, 2.24) is 15.1 Å². The number of hydrogen-bond donors (Lipinski definition) is 0. The maximum atomic E-state index is 12.4. The minimum absolute atomic E-state index is 0.0425. The summed E-state index contributed by atoms with van der Waals surface area (Å²) in [6.45, 7) is 1.55. The highest BCUT2D eigenvalue weighted by Gasteiger charge is 2.26. The summed E-state index contributed by atoms with van der Waals surface area (Å²) in [5.74, 6) is 1.62. The number of piperidine rings is 1. The number of carbonyl (C=O) groups excluding carboxylic acids is 1. The number of likely N-dealkylation sites (tertiary alicyclic amines) is 1. The minimum Gasteiger partial charge on any atom is -0.471 e. The van der Waals surface area contributed by atoms with E-state index in [2.05, 4.69) is 10.2 Å². The molecule has 1 atom stereocenters. The van der Waals surface area contributed by atoms with Crippen LogP contribution in [0, 0.1) is 5.92 Å². The molecular formula is C17H25N3O2. The molecule has 0 N–H and O–H groups in total. The number of amides is 1. The highest BCUT2D eigenvalue weighted by molar-refractivity contribution is 5.76. The highest BCUT2D eigenvalue weighted by Crippen LogP contribution is 2.29. The monoisotopic (exact) mass is 303 g/mol. The lowest BCUT2D eigenvalue weighted by molar-refractivity contribution is -0.134. The molecule has 2 aliphatic rings. The average molecular weight is 303 g/mol. The summed E-state index contributed by atoms with van der Waals surface area (Å²) < 4.78 is 5.85. The van der Waals surface area contributed by atoms with Crippen LogP contribution in [-0.2, 0) is 4.79 Å². The third-order valence-electron chi connectivity index (χ3n) is 4.81. The van der Waals surface area contributed by atoms with E-state index in [1.165, 1.54) is 25.7 Å². The fourth-order valence-corrected chi connectivity index (χ4v) is 3.57. The summed E-state index contributed by atoms with van der Waals surface area (Å²) in [7, 11) is 0. The van der Waals surface area contributed by atoms with Crippen LogP contribution in [0.3, 0.4) is 0 Å². The lowest BCUT2D eigenvalue weighted by atomic mass is 10.0. The van der Waals surface area contributed by atoms with Crippen molar-refractivity contribution in [3.63, 3.8) is 0 Å². The summed E-state index contributed by atoms with van der Waals surface area (Å²) in [6, 6.07) is 3.63. The van der Waals surface area contributed by atoms with Gasteiger partial charge in [-0.2, -0.15) is 5.10 Å². The minimum atomic E-state index is 0.0425. The Labute approximate surface area is 132 Å². The molecule has 0 spiro atoms. The Kier molecular flexibility index (Phi) is 5.24. The number of carbonyl (C=O) groups is 1. The third-order valence-corrected chi connectivity index (χ3v) is 4.81. The second kappa shape index (κ2) is 7.56. The SMILES string of the molecule is O=C(CCC1CCCC1)N1CCCC(Oc2cccnn2)C1. The average Bonchev–Trinajstić information content (AvgIpc) is 3.07. The molecule has 1 aliphatic carbocycles. The zero-order valence-corrected chi connectivity index (χ0v) is 13.1. The maximum absolute atomic E-state index is 12.4. The molecule has 0 bridgehead atoms. The Morgan fingerprint density at radius 3 is 2.91 bits per heavy atom. The molecule has 120 valence electrons. The second-order valence-electron chi connectivity index (χ2n) is 6.47. The van der Waals surface area contributed by atoms with Crippen molar-refractivity contribution in [1.29, 1.82) is 0 Å². The Balaban J connectivity index is 1.46. The Bertz CT molecular complexity index is 474. The number of nitrogens with zero attached hydrogens (tertiary/aromatic N) is 3. The van der Waals surface area contributed by atoms with E-state index >= 15 is 0 Å². The number of aromatic nitrogens is 2. The molecule has 1 saturated heterocycles. The molecule has 5 nitrogen and oxygen atoms in total. The zero-order valence-electron chi connectivity index (χ0n) is 13.1. The highest BCUT2D eigenvalue weighted by atomic mass is 16.5. The fourth-order valence-electron chi connectivity index (χ4n) is 3.57. The molecule has 0 radical (unpaired) electrons. The van der Waals surface area contributed by atoms with Gasteiger partial charge in [-0.25, -0.2) is 0 Å². The van der Waals surface area contributed by atoms with Gasteiger partial charge in [0.2, 0.25) is 11.8 Å². The second-order valence-corrected chi connectivity index (χ2v) is 6.47. The van der Waals surface area contributed by atoms with E-state index in [-0.39, 0.29) is 6.10 Å². The van der Waals surface area contributed by atoms with Crippen molar-refractivity contribution >= 4 is 5.91 Å². The molecule has 1 aliphatic heterocycles. The summed E-state index contributed by atoms with van der Waals surface area (Å²) in [4.78, 5) is 14.4. The molecule has 3 rings (SSSR count). The predicted molar refractivity (Wildman–Crippen MR) is 83.5 cm³/mol. The first-order valence-corrected chi connectivity index (χ1v) is 8.53. The van der Waals surface area contributed by atoms with Crippen LogP contribution in [0.1, 0.15) is 51.4 Å². The van der Waals surface area contributed by atoms with E-state index in [1.807, 2.05) is 17.0 Å². The molecule has 5 heteroatoms. The van der Waals surface area contributed by atoms with Crippen LogP contribution in [-0.4, -0.2) is 40.2 Å². The van der Waals surface area contributed by atoms with Crippen LogP contribution in [0.4, 0.5) is 0 Å². The van der Waals surface area contributed by atoms with Gasteiger partial charge in [-0.15, -0.1) is 5.10 Å². The van der Waals surface area contributed by atoms with Gasteiger partial charge in [-0.1, -0.05) is 25.7 Å². The largest absolute Gasteiger partial charge is 0.471 e. The molecule has 1 aromatic heterocycles. The zero-order chi connectivity index (χ0) is 15.2. The van der Waals surface area contributed by atoms with Crippen LogP contribution in [0.15, 0.2) is 18.3 Å². The summed E-state index contributed by atoms with van der Waals surface area (Å²) in [5.41, 5.74) is 0. The van der Waals surface area contributed by atoms with Crippen LogP contribution in [0.5, 0.6) is 5.88 Å². The molecular weight excluding hydrogens is 278 g/mol. The molecule has 1 saturated carbocycles. The van der Waals surface area contributed by atoms with Gasteiger partial charge in [0.1, 0.15) is 6.10 Å². The number of rotatable bonds is 5. The smallest absolute Gasteiger partial charge is 0.233 e. The fraction of sp³-hybridized carbons (Fsp3) is 0.706. The summed E-state index contributed by atoms with van der Waals surface area (Å²) >= 11 is 0. The van der Waals surface area contributed by atoms with Gasteiger partial charge in [-0.05, 0) is 31.2 Å². The molecule has 2 fully saturated rings. The molecule has 1 amide bonds. The normalized spacial score (nSPS) is 22.7. The van der Waals surface area contributed by atoms with Gasteiger partial charge in [0.05, 0.1) is 6.54 Å². The first-order chi connectivity index (χ1) is 10.8. The van der Waals surface area contributed by atoms with Gasteiger partial charge in [0, 0.05) is 25.2 Å². The maximum Gasteiger partial charge on any atom is 0.233 e. The van der Waals surface area contributed by atoms with Crippen molar-refractivity contribution in [2.75, 3.05) is 13.1 Å². The third kappa shape index (κ3) is 4.18. The van der Waals surface area contributed by atoms with E-state index in [1.54, 1.807) is 6.20 Å². The summed E-state index contributed by atoms with van der Waals surface area (Å²) in [5, 5.41) is 7.78. The predicted octanol–water partition coefficient (Wildman–Crippen LogP) is 2.82. The van der Waals surface area contributed by atoms with Gasteiger partial charge >= 0.3 is 0 Å². The topological polar surface area (TPSA) is 55.3 Å². The van der Waals surface area contributed by atoms with Crippen LogP contribution in [0.25, 0.3) is 0 Å². The lowest BCUT2D eigenvalue weighted by Crippen LogP contribution is -2.44. The lowest BCUT2D eigenvalue weighted by Gasteiger charge is -2.32. The van der Waals surface area contributed by atoms with E-state index in [9.17, 15) is 4.79 Å². The van der Waals surface area contributed by atoms with Crippen molar-refractivity contribution in [2.24, 2.45) is 5.92 Å². The number of hydrogen-bond acceptors (Lipinski definition) is 4. The van der Waals surface area contributed by atoms with Crippen LogP contribution < -0.4 is 4.74 Å². The van der Waals surface area contributed by atoms with Gasteiger partial charge in [0.15, 0.2) is 0 Å². The van der Waals surface area contributed by atoms with E-state index in [0.717, 1.165) is 31.7 Å². The molecule has 22 heavy (non-hydrogen) atoms. The molecule has 1 aromatic rings. The van der Waals surface area contributed by atoms with Gasteiger partial charge < -0.3 is 9.64 Å². The molecule has 1 unspecified atom stereocenters. The van der Waals surface area contributed by atoms with E-state index in [0.29, 0.717) is 24.8 Å². The van der Waals surface area contributed by atoms with Crippen LogP contribution in [0.2, 0.25) is 0 Å². The first kappa shape index (κ1) is 15.3. The summed E-state index contributed by atoms with van der Waals surface area (Å²) in [6.07, 6.45) is 10.7. The first-order valence-electron chi connectivity index (χ1n) is 8.53. The Hall–Kier alpha value is -1.65. The van der Waals surface area contributed by atoms with E-state index in [4.69, 9.17) is 4.74 Å². The Morgan fingerprint density at radius 2 is 2.14 bits per heavy atom. The molecule has 0 aromatic carbocycles. The van der Waals surface area contributed by atoms with Gasteiger partial charge in [0.25, 0.3) is 0 Å². The Morgan fingerprint density at radius 1 is 1.27 bits per heavy atom. The number of ether oxygens (including phenoxy) is 1. The van der Waals surface area contributed by atoms with E-state index < -0.39 is 0 Å². The van der Waals surface area contributed by atoms with Crippen LogP contribution >= 0.6 is 0 Å². The van der Waals surface area contributed by atoms with Gasteiger partial charge in [-0.3, -0.25) is 4.79 Å². The van der Waals surface area contributed by atoms with Crippen molar-refractivity contribution in [3.8, 4) is 5.88 Å². The van der Waals surface area contributed by atoms with Crippen molar-refractivity contribution in [2.45, 2.75) is 57.5 Å². The molecule has 2 heterocycles.